The number of benzene rings is 2. The van der Waals surface area contributed by atoms with Gasteiger partial charge in [0, 0.05) is 30.1 Å². The number of hydrogen-bond acceptors (Lipinski definition) is 5. The SMILES string of the molecule is O=C(O)CC1CCC(c2ccc(N3C=CC4=NC(C(=O)Nc5cccc(C(F)(F)F)c5)=C[N+]4C3)cc2)CC1. The molecule has 0 bridgehead atoms. The molecule has 2 aliphatic heterocycles. The Morgan fingerprint density at radius 1 is 1.08 bits per heavy atom. The number of nitrogens with zero attached hydrogens (tertiary/aromatic N) is 3. The fourth-order valence-corrected chi connectivity index (χ4v) is 5.17. The van der Waals surface area contributed by atoms with Gasteiger partial charge in [0.15, 0.2) is 11.9 Å². The molecule has 3 aliphatic rings. The second kappa shape index (κ2) is 10.4. The molecule has 2 N–H and O–H groups in total. The van der Waals surface area contributed by atoms with E-state index < -0.39 is 23.6 Å². The summed E-state index contributed by atoms with van der Waals surface area (Å²) in [6.45, 7) is 0.426. The second-order valence-corrected chi connectivity index (χ2v) is 9.82. The monoisotopic (exact) mass is 524 g/mol. The van der Waals surface area contributed by atoms with E-state index in [1.54, 1.807) is 17.2 Å². The van der Waals surface area contributed by atoms with Crippen molar-refractivity contribution in [2.45, 2.75) is 44.2 Å². The predicted molar refractivity (Wildman–Crippen MR) is 138 cm³/mol. The summed E-state index contributed by atoms with van der Waals surface area (Å²) in [5.74, 6) is -0.0391. The lowest BCUT2D eigenvalue weighted by molar-refractivity contribution is -0.139. The Morgan fingerprint density at radius 2 is 1.82 bits per heavy atom. The van der Waals surface area contributed by atoms with Crippen LogP contribution in [0.15, 0.2) is 77.7 Å². The first kappa shape index (κ1) is 25.7. The first-order valence-corrected chi connectivity index (χ1v) is 12.5. The number of rotatable bonds is 6. The maximum Gasteiger partial charge on any atom is 0.416 e. The van der Waals surface area contributed by atoms with E-state index in [0.29, 0.717) is 18.4 Å². The van der Waals surface area contributed by atoms with Gasteiger partial charge in [-0.05, 0) is 73.4 Å². The number of alkyl halides is 3. The van der Waals surface area contributed by atoms with Crippen LogP contribution in [0.1, 0.15) is 49.1 Å². The molecule has 5 rings (SSSR count). The van der Waals surface area contributed by atoms with Gasteiger partial charge in [-0.25, -0.2) is 0 Å². The topological polar surface area (TPSA) is 87.9 Å². The lowest BCUT2D eigenvalue weighted by Gasteiger charge is -2.28. The van der Waals surface area contributed by atoms with E-state index in [9.17, 15) is 22.8 Å². The number of amides is 1. The zero-order valence-electron chi connectivity index (χ0n) is 20.5. The molecule has 0 aromatic heterocycles. The largest absolute Gasteiger partial charge is 0.481 e. The van der Waals surface area contributed by atoms with Crippen molar-refractivity contribution in [3.63, 3.8) is 0 Å². The van der Waals surface area contributed by atoms with Gasteiger partial charge in [0.05, 0.1) is 5.56 Å². The highest BCUT2D eigenvalue weighted by Crippen LogP contribution is 2.38. The Bertz CT molecular complexity index is 1310. The molecule has 7 nitrogen and oxygen atoms in total. The van der Waals surface area contributed by atoms with Gasteiger partial charge in [-0.1, -0.05) is 23.1 Å². The molecular formula is C28H27F3N4O3+. The number of carboxylic acid groups (broad SMARTS) is 1. The average Bonchev–Trinajstić information content (AvgIpc) is 3.32. The number of carbonyl (C=O) groups excluding carboxylic acids is 1. The standard InChI is InChI=1S/C28H27F3N4O3/c29-28(30,31)21-2-1-3-22(15-21)32-27(38)24-16-35-17-34(13-12-25(35)33-24)23-10-8-20(9-11-23)19-6-4-18(5-7-19)14-26(36)37/h1-3,8-13,15-16,18-19H,4-7,14,17H2,(H,32,38)(H,36,37)/q+1. The Labute approximate surface area is 218 Å². The van der Waals surface area contributed by atoms with Gasteiger partial charge in [-0.2, -0.15) is 18.2 Å². The summed E-state index contributed by atoms with van der Waals surface area (Å²) in [5.41, 5.74) is 1.54. The second-order valence-electron chi connectivity index (χ2n) is 9.82. The van der Waals surface area contributed by atoms with Gasteiger partial charge in [-0.15, -0.1) is 0 Å². The van der Waals surface area contributed by atoms with Gasteiger partial charge in [0.1, 0.15) is 0 Å². The number of aliphatic imine (C=N–C) groups is 1. The molecular weight excluding hydrogens is 497 g/mol. The van der Waals surface area contributed by atoms with Crippen molar-refractivity contribution < 1.29 is 27.9 Å². The van der Waals surface area contributed by atoms with E-state index in [4.69, 9.17) is 5.11 Å². The Hall–Kier alpha value is -3.92. The predicted octanol–water partition coefficient (Wildman–Crippen LogP) is 5.78. The molecule has 2 aromatic rings. The first-order chi connectivity index (χ1) is 18.2. The summed E-state index contributed by atoms with van der Waals surface area (Å²) in [4.78, 5) is 31.8. The molecule has 1 amide bonds. The minimum absolute atomic E-state index is 0.0448. The fourth-order valence-electron chi connectivity index (χ4n) is 5.17. The maximum atomic E-state index is 13.0. The first-order valence-electron chi connectivity index (χ1n) is 12.5. The molecule has 0 spiro atoms. The Morgan fingerprint density at radius 3 is 2.50 bits per heavy atom. The highest BCUT2D eigenvalue weighted by Gasteiger charge is 2.36. The van der Waals surface area contributed by atoms with Crippen LogP contribution in [-0.4, -0.2) is 29.5 Å². The number of hydrogen-bond donors (Lipinski definition) is 2. The molecule has 0 saturated heterocycles. The summed E-state index contributed by atoms with van der Waals surface area (Å²) in [6, 6.07) is 12.8. The van der Waals surface area contributed by atoms with E-state index in [1.165, 1.54) is 17.7 Å². The number of carboxylic acids is 1. The molecule has 38 heavy (non-hydrogen) atoms. The number of carbonyl (C=O) groups is 2. The third kappa shape index (κ3) is 5.80. The van der Waals surface area contributed by atoms with Crippen molar-refractivity contribution in [2.24, 2.45) is 10.9 Å². The number of nitrogens with one attached hydrogen (secondary N) is 1. The minimum atomic E-state index is -4.50. The zero-order valence-corrected chi connectivity index (χ0v) is 20.5. The number of anilines is 2. The molecule has 197 valence electrons. The van der Waals surface area contributed by atoms with E-state index in [1.807, 2.05) is 23.2 Å². The average molecular weight is 525 g/mol. The molecule has 1 fully saturated rings. The molecule has 0 atom stereocenters. The van der Waals surface area contributed by atoms with Crippen LogP contribution in [0.3, 0.4) is 0 Å². The van der Waals surface area contributed by atoms with Crippen LogP contribution >= 0.6 is 0 Å². The van der Waals surface area contributed by atoms with E-state index in [-0.39, 0.29) is 23.7 Å². The minimum Gasteiger partial charge on any atom is -0.481 e. The molecule has 1 radical (unpaired) electrons. The molecule has 2 aromatic carbocycles. The van der Waals surface area contributed by atoms with Crippen LogP contribution in [0.2, 0.25) is 0 Å². The van der Waals surface area contributed by atoms with Crippen molar-refractivity contribution in [1.82, 2.24) is 4.90 Å². The van der Waals surface area contributed by atoms with Crippen molar-refractivity contribution in [1.29, 1.82) is 0 Å². The molecule has 2 heterocycles. The van der Waals surface area contributed by atoms with Crippen molar-refractivity contribution in [3.8, 4) is 0 Å². The number of aliphatic carboxylic acids is 1. The molecule has 1 saturated carbocycles. The maximum absolute atomic E-state index is 13.0. The lowest BCUT2D eigenvalue weighted by Crippen LogP contribution is -2.41. The fraction of sp³-hybridized carbons (Fsp3) is 0.321. The number of amidine groups is 1. The molecule has 10 heteroatoms. The zero-order chi connectivity index (χ0) is 26.9. The Kier molecular flexibility index (Phi) is 7.07. The van der Waals surface area contributed by atoms with Gasteiger partial charge in [0.2, 0.25) is 6.67 Å². The summed E-state index contributed by atoms with van der Waals surface area (Å²) < 4.78 is 38.9. The summed E-state index contributed by atoms with van der Waals surface area (Å²) in [5, 5.41) is 11.5. The Balaban J connectivity index is 1.19. The van der Waals surface area contributed by atoms with Crippen LogP contribution in [0.25, 0.3) is 0 Å². The third-order valence-electron chi connectivity index (χ3n) is 7.20. The van der Waals surface area contributed by atoms with E-state index in [2.05, 4.69) is 22.4 Å². The molecule has 0 unspecified atom stereocenters. The molecule has 1 aliphatic carbocycles. The van der Waals surface area contributed by atoms with Crippen LogP contribution in [-0.2, 0) is 15.8 Å². The highest BCUT2D eigenvalue weighted by atomic mass is 19.4. The van der Waals surface area contributed by atoms with Gasteiger partial charge < -0.3 is 10.4 Å². The van der Waals surface area contributed by atoms with Gasteiger partial charge in [-0.3, -0.25) is 14.5 Å². The smallest absolute Gasteiger partial charge is 0.416 e. The van der Waals surface area contributed by atoms with Gasteiger partial charge >= 0.3 is 12.1 Å². The van der Waals surface area contributed by atoms with Crippen LogP contribution in [0.5, 0.6) is 0 Å². The van der Waals surface area contributed by atoms with Crippen molar-refractivity contribution in [2.75, 3.05) is 16.9 Å². The van der Waals surface area contributed by atoms with E-state index in [0.717, 1.165) is 43.5 Å². The summed E-state index contributed by atoms with van der Waals surface area (Å²) in [7, 11) is 0. The normalized spacial score (nSPS) is 21.5. The highest BCUT2D eigenvalue weighted by molar-refractivity contribution is 6.10. The van der Waals surface area contributed by atoms with Crippen LogP contribution in [0.4, 0.5) is 24.5 Å². The third-order valence-corrected chi connectivity index (χ3v) is 7.20. The summed E-state index contributed by atoms with van der Waals surface area (Å²) in [6.07, 6.45) is 4.83. The quantitative estimate of drug-likeness (QED) is 0.469. The van der Waals surface area contributed by atoms with Crippen molar-refractivity contribution >= 4 is 29.1 Å². The lowest BCUT2D eigenvalue weighted by atomic mass is 9.77. The van der Waals surface area contributed by atoms with E-state index >= 15 is 0 Å². The number of halogens is 3. The summed E-state index contributed by atoms with van der Waals surface area (Å²) >= 11 is 0. The van der Waals surface area contributed by atoms with Crippen molar-refractivity contribution in [3.05, 3.63) is 83.8 Å². The van der Waals surface area contributed by atoms with Gasteiger partial charge in [0.25, 0.3) is 11.7 Å². The van der Waals surface area contributed by atoms with Crippen LogP contribution < -0.4 is 15.1 Å². The number of fused-ring (bicyclic) bond motifs is 1. The van der Waals surface area contributed by atoms with Crippen LogP contribution in [0, 0.1) is 5.92 Å².